The molecule has 2 fully saturated rings. The smallest absolute Gasteiger partial charge is 0.0814 e. The van der Waals surface area contributed by atoms with Crippen molar-refractivity contribution in [3.05, 3.63) is 0 Å². The van der Waals surface area contributed by atoms with Gasteiger partial charge in [-0.15, -0.1) is 0 Å². The standard InChI is InChI=1S/C14H26O6/c1-2-14-12-19-10-8-17-6-4-15-3-5-16-7-9-18-11-13(1)20-14/h13-14H,1-12H2. The zero-order valence-electron chi connectivity index (χ0n) is 12.1. The summed E-state index contributed by atoms with van der Waals surface area (Å²) in [5, 5.41) is 0. The van der Waals surface area contributed by atoms with Crippen LogP contribution in [0.5, 0.6) is 0 Å². The molecule has 0 spiro atoms. The van der Waals surface area contributed by atoms with E-state index in [2.05, 4.69) is 0 Å². The number of ether oxygens (including phenoxy) is 6. The van der Waals surface area contributed by atoms with E-state index in [4.69, 9.17) is 28.4 Å². The second kappa shape index (κ2) is 10.5. The monoisotopic (exact) mass is 290 g/mol. The lowest BCUT2D eigenvalue weighted by Crippen LogP contribution is -2.22. The Morgan fingerprint density at radius 2 is 0.800 bits per heavy atom. The lowest BCUT2D eigenvalue weighted by molar-refractivity contribution is -0.0655. The van der Waals surface area contributed by atoms with Gasteiger partial charge in [0.2, 0.25) is 0 Å². The molecule has 6 heteroatoms. The van der Waals surface area contributed by atoms with Crippen molar-refractivity contribution in [2.45, 2.75) is 25.0 Å². The molecule has 2 rings (SSSR count). The van der Waals surface area contributed by atoms with E-state index in [1.807, 2.05) is 0 Å². The Hall–Kier alpha value is -0.240. The zero-order valence-corrected chi connectivity index (χ0v) is 12.1. The zero-order chi connectivity index (χ0) is 13.9. The highest BCUT2D eigenvalue weighted by Crippen LogP contribution is 2.20. The summed E-state index contributed by atoms with van der Waals surface area (Å²) in [4.78, 5) is 0. The van der Waals surface area contributed by atoms with Crippen LogP contribution in [0.2, 0.25) is 0 Å². The van der Waals surface area contributed by atoms with Crippen LogP contribution in [-0.2, 0) is 28.4 Å². The molecule has 0 amide bonds. The summed E-state index contributed by atoms with van der Waals surface area (Å²) in [5.41, 5.74) is 0. The largest absolute Gasteiger partial charge is 0.377 e. The van der Waals surface area contributed by atoms with Crippen molar-refractivity contribution >= 4 is 0 Å². The Morgan fingerprint density at radius 3 is 1.20 bits per heavy atom. The molecule has 0 aromatic rings. The molecule has 2 bridgehead atoms. The fourth-order valence-electron chi connectivity index (χ4n) is 2.23. The Labute approximate surface area is 120 Å². The first-order valence-electron chi connectivity index (χ1n) is 7.49. The van der Waals surface area contributed by atoms with Crippen LogP contribution in [0, 0.1) is 0 Å². The lowest BCUT2D eigenvalue weighted by Gasteiger charge is -2.15. The minimum atomic E-state index is 0.196. The number of rotatable bonds is 0. The molecule has 6 nitrogen and oxygen atoms in total. The predicted octanol–water partition coefficient (Wildman–Crippen LogP) is 0.631. The summed E-state index contributed by atoms with van der Waals surface area (Å²) in [6, 6.07) is 0. The third-order valence-electron chi connectivity index (χ3n) is 3.29. The van der Waals surface area contributed by atoms with Crippen LogP contribution in [0.4, 0.5) is 0 Å². The molecule has 0 aliphatic carbocycles. The van der Waals surface area contributed by atoms with Gasteiger partial charge in [-0.1, -0.05) is 0 Å². The van der Waals surface area contributed by atoms with Crippen LogP contribution in [0.15, 0.2) is 0 Å². The molecule has 0 saturated carbocycles. The highest BCUT2D eigenvalue weighted by Gasteiger charge is 2.25. The van der Waals surface area contributed by atoms with Crippen molar-refractivity contribution in [1.29, 1.82) is 0 Å². The van der Waals surface area contributed by atoms with Crippen LogP contribution < -0.4 is 0 Å². The van der Waals surface area contributed by atoms with Gasteiger partial charge in [0.25, 0.3) is 0 Å². The summed E-state index contributed by atoms with van der Waals surface area (Å²) in [7, 11) is 0. The molecule has 0 aromatic carbocycles. The minimum absolute atomic E-state index is 0.196. The van der Waals surface area contributed by atoms with Crippen molar-refractivity contribution < 1.29 is 28.4 Å². The highest BCUT2D eigenvalue weighted by atomic mass is 16.6. The normalized spacial score (nSPS) is 32.4. The fraction of sp³-hybridized carbons (Fsp3) is 1.00. The van der Waals surface area contributed by atoms with Gasteiger partial charge in [0.1, 0.15) is 0 Å². The van der Waals surface area contributed by atoms with Crippen LogP contribution in [0.3, 0.4) is 0 Å². The summed E-state index contributed by atoms with van der Waals surface area (Å²) in [5.74, 6) is 0. The fourth-order valence-corrected chi connectivity index (χ4v) is 2.23. The van der Waals surface area contributed by atoms with Gasteiger partial charge >= 0.3 is 0 Å². The predicted molar refractivity (Wildman–Crippen MR) is 72.0 cm³/mol. The number of fused-ring (bicyclic) bond motifs is 2. The van der Waals surface area contributed by atoms with E-state index in [1.54, 1.807) is 0 Å². The summed E-state index contributed by atoms with van der Waals surface area (Å²) < 4.78 is 33.2. The van der Waals surface area contributed by atoms with Gasteiger partial charge in [0.05, 0.1) is 78.3 Å². The quantitative estimate of drug-likeness (QED) is 0.652. The molecule has 2 heterocycles. The number of hydrogen-bond donors (Lipinski definition) is 0. The maximum Gasteiger partial charge on any atom is 0.0814 e. The molecule has 2 aliphatic heterocycles. The molecule has 0 radical (unpaired) electrons. The molecular formula is C14H26O6. The minimum Gasteiger partial charge on any atom is -0.377 e. The summed E-state index contributed by atoms with van der Waals surface area (Å²) in [6.07, 6.45) is 2.47. The van der Waals surface area contributed by atoms with E-state index >= 15 is 0 Å². The van der Waals surface area contributed by atoms with Gasteiger partial charge < -0.3 is 28.4 Å². The molecule has 0 aromatic heterocycles. The van der Waals surface area contributed by atoms with Gasteiger partial charge in [-0.05, 0) is 12.8 Å². The van der Waals surface area contributed by atoms with Gasteiger partial charge in [0.15, 0.2) is 0 Å². The maximum atomic E-state index is 5.86. The Kier molecular flexibility index (Phi) is 8.46. The van der Waals surface area contributed by atoms with Crippen molar-refractivity contribution in [2.75, 3.05) is 66.1 Å². The van der Waals surface area contributed by atoms with E-state index in [1.165, 1.54) is 0 Å². The van der Waals surface area contributed by atoms with Crippen LogP contribution in [-0.4, -0.2) is 78.3 Å². The molecule has 2 saturated heterocycles. The Balaban J connectivity index is 1.62. The molecule has 0 N–H and O–H groups in total. The van der Waals surface area contributed by atoms with Gasteiger partial charge in [0, 0.05) is 0 Å². The van der Waals surface area contributed by atoms with Gasteiger partial charge in [-0.25, -0.2) is 0 Å². The van der Waals surface area contributed by atoms with Crippen molar-refractivity contribution in [1.82, 2.24) is 0 Å². The summed E-state index contributed by atoms with van der Waals surface area (Å²) in [6.45, 7) is 6.04. The first kappa shape index (κ1) is 16.1. The summed E-state index contributed by atoms with van der Waals surface area (Å²) >= 11 is 0. The molecule has 20 heavy (non-hydrogen) atoms. The molecule has 2 atom stereocenters. The van der Waals surface area contributed by atoms with Crippen molar-refractivity contribution in [2.24, 2.45) is 0 Å². The lowest BCUT2D eigenvalue weighted by atomic mass is 10.2. The van der Waals surface area contributed by atoms with Crippen molar-refractivity contribution in [3.8, 4) is 0 Å². The first-order valence-corrected chi connectivity index (χ1v) is 7.49. The topological polar surface area (TPSA) is 55.4 Å². The molecule has 118 valence electrons. The second-order valence-electron chi connectivity index (χ2n) is 4.94. The third-order valence-corrected chi connectivity index (χ3v) is 3.29. The molecular weight excluding hydrogens is 264 g/mol. The Morgan fingerprint density at radius 1 is 0.450 bits per heavy atom. The maximum absolute atomic E-state index is 5.86. The first-order chi connectivity index (χ1) is 9.95. The Bertz CT molecular complexity index is 216. The SMILES string of the molecule is C1COCCOCC2CCC(COCCOCCO1)O2. The highest BCUT2D eigenvalue weighted by molar-refractivity contribution is 4.73. The number of hydrogen-bond acceptors (Lipinski definition) is 6. The van der Waals surface area contributed by atoms with E-state index in [0.717, 1.165) is 12.8 Å². The molecule has 2 aliphatic rings. The van der Waals surface area contributed by atoms with Gasteiger partial charge in [-0.3, -0.25) is 0 Å². The van der Waals surface area contributed by atoms with Crippen LogP contribution >= 0.6 is 0 Å². The van der Waals surface area contributed by atoms with Crippen LogP contribution in [0.25, 0.3) is 0 Å². The van der Waals surface area contributed by atoms with E-state index in [0.29, 0.717) is 66.1 Å². The average Bonchev–Trinajstić information content (AvgIpc) is 2.90. The van der Waals surface area contributed by atoms with Crippen LogP contribution in [0.1, 0.15) is 12.8 Å². The third kappa shape index (κ3) is 6.97. The average molecular weight is 290 g/mol. The second-order valence-corrected chi connectivity index (χ2v) is 4.94. The van der Waals surface area contributed by atoms with E-state index in [-0.39, 0.29) is 12.2 Å². The van der Waals surface area contributed by atoms with E-state index in [9.17, 15) is 0 Å². The molecule has 2 unspecified atom stereocenters. The van der Waals surface area contributed by atoms with Gasteiger partial charge in [-0.2, -0.15) is 0 Å². The van der Waals surface area contributed by atoms with Crippen molar-refractivity contribution in [3.63, 3.8) is 0 Å². The van der Waals surface area contributed by atoms with E-state index < -0.39 is 0 Å².